The zero-order valence-corrected chi connectivity index (χ0v) is 32.5. The molecule has 0 aliphatic heterocycles. The quantitative estimate of drug-likeness (QED) is 0.0270. The van der Waals surface area contributed by atoms with Gasteiger partial charge in [0.25, 0.3) is 0 Å². The molecule has 16 N–H and O–H groups in total. The first-order valence-corrected chi connectivity index (χ1v) is 18.5. The fourth-order valence-electron chi connectivity index (χ4n) is 4.22. The number of carbonyl (C=O) groups excluding carboxylic acids is 9. The molecular weight excluding hydrogens is 813 g/mol. The Morgan fingerprint density at radius 2 is 0.745 bits per heavy atom. The maximum atomic E-state index is 13.3. The smallest absolute Gasteiger partial charge is 0.326 e. The van der Waals surface area contributed by atoms with Crippen molar-refractivity contribution in [2.75, 3.05) is 23.0 Å². The zero-order valence-electron chi connectivity index (χ0n) is 29.0. The summed E-state index contributed by atoms with van der Waals surface area (Å²) in [5, 5.41) is 32.0. The van der Waals surface area contributed by atoms with Crippen LogP contribution >= 0.6 is 50.5 Å². The van der Waals surface area contributed by atoms with Crippen molar-refractivity contribution in [3.63, 3.8) is 0 Å². The van der Waals surface area contributed by atoms with E-state index in [0.717, 1.165) is 0 Å². The standard InChI is InChI=1S/C28H46N10O13S4/c29-11(5-10(20(32)41)27(48)49)21(42)35-14(6-52)25(46)37-15(7-53)23(44)33-12(1-3-18(30)39)22(43)36-17(9-55)26(47)38-16(8-54)24(45)34-13(28(50)51)2-4-19(31)40/h10-17,52-55H,1-9,29H2,(H2,30,39)(H2,31,40)(H2,32,41)(H,33,44)(H,34,45)(H,35,42)(H,36,43)(H,37,46)(H,38,47)(H,48,49)(H,50,51)/t10?,11-,12-,13-,14-,15-,16-,17-/m0/s1. The number of nitrogens with one attached hydrogen (secondary N) is 6. The van der Waals surface area contributed by atoms with Gasteiger partial charge in [-0.1, -0.05) is 0 Å². The molecule has 0 aromatic rings. The molecule has 0 aliphatic carbocycles. The van der Waals surface area contributed by atoms with Crippen LogP contribution in [0.1, 0.15) is 32.1 Å². The van der Waals surface area contributed by atoms with Gasteiger partial charge in [0, 0.05) is 35.9 Å². The number of hydrogen-bond donors (Lipinski definition) is 16. The van der Waals surface area contributed by atoms with Gasteiger partial charge in [-0.3, -0.25) is 47.9 Å². The second kappa shape index (κ2) is 25.6. The molecule has 0 saturated heterocycles. The van der Waals surface area contributed by atoms with Crippen LogP contribution in [0.4, 0.5) is 0 Å². The molecule has 9 amide bonds. The van der Waals surface area contributed by atoms with Crippen molar-refractivity contribution in [2.45, 2.75) is 74.4 Å². The molecule has 310 valence electrons. The van der Waals surface area contributed by atoms with Crippen LogP contribution in [0.25, 0.3) is 0 Å². The average Bonchev–Trinajstić information content (AvgIpc) is 3.11. The number of hydrogen-bond acceptors (Lipinski definition) is 16. The minimum Gasteiger partial charge on any atom is -0.481 e. The minimum absolute atomic E-state index is 0.341. The third-order valence-electron chi connectivity index (χ3n) is 7.34. The Hall–Kier alpha value is -4.47. The maximum absolute atomic E-state index is 13.3. The first kappa shape index (κ1) is 50.5. The molecule has 0 saturated carbocycles. The molecule has 0 radical (unpaired) electrons. The summed E-state index contributed by atoms with van der Waals surface area (Å²) >= 11 is 16.1. The Morgan fingerprint density at radius 3 is 1.04 bits per heavy atom. The summed E-state index contributed by atoms with van der Waals surface area (Å²) in [6, 6.07) is -10.6. The highest BCUT2D eigenvalue weighted by Crippen LogP contribution is 2.07. The van der Waals surface area contributed by atoms with E-state index in [4.69, 9.17) is 28.0 Å². The van der Waals surface area contributed by atoms with Gasteiger partial charge in [-0.25, -0.2) is 4.79 Å². The highest BCUT2D eigenvalue weighted by atomic mass is 32.1. The summed E-state index contributed by atoms with van der Waals surface area (Å²) in [5.41, 5.74) is 21.0. The Balaban J connectivity index is 5.79. The molecule has 0 aromatic carbocycles. The molecule has 1 unspecified atom stereocenters. The molecule has 8 atom stereocenters. The summed E-state index contributed by atoms with van der Waals surface area (Å²) in [5.74, 6) is -15.4. The molecule has 55 heavy (non-hydrogen) atoms. The molecule has 0 rings (SSSR count). The molecule has 0 aliphatic rings. The normalized spacial score (nSPS) is 15.1. The van der Waals surface area contributed by atoms with Crippen LogP contribution in [0.5, 0.6) is 0 Å². The highest BCUT2D eigenvalue weighted by Gasteiger charge is 2.34. The number of carboxylic acids is 2. The third kappa shape index (κ3) is 18.6. The lowest BCUT2D eigenvalue weighted by Gasteiger charge is -2.26. The summed E-state index contributed by atoms with van der Waals surface area (Å²) in [4.78, 5) is 135. The summed E-state index contributed by atoms with van der Waals surface area (Å²) in [6.07, 6.45) is -2.24. The molecule has 0 heterocycles. The van der Waals surface area contributed by atoms with Gasteiger partial charge in [0.15, 0.2) is 0 Å². The predicted molar refractivity (Wildman–Crippen MR) is 204 cm³/mol. The van der Waals surface area contributed by atoms with Crippen LogP contribution in [0.15, 0.2) is 0 Å². The van der Waals surface area contributed by atoms with E-state index in [1.54, 1.807) is 0 Å². The van der Waals surface area contributed by atoms with Crippen LogP contribution < -0.4 is 54.8 Å². The van der Waals surface area contributed by atoms with E-state index in [-0.39, 0.29) is 35.9 Å². The van der Waals surface area contributed by atoms with Crippen molar-refractivity contribution in [1.29, 1.82) is 0 Å². The van der Waals surface area contributed by atoms with Crippen molar-refractivity contribution < 1.29 is 63.0 Å². The molecule has 23 nitrogen and oxygen atoms in total. The van der Waals surface area contributed by atoms with Crippen molar-refractivity contribution in [3.8, 4) is 0 Å². The van der Waals surface area contributed by atoms with Gasteiger partial charge in [-0.2, -0.15) is 50.5 Å². The lowest BCUT2D eigenvalue weighted by Crippen LogP contribution is -2.61. The monoisotopic (exact) mass is 858 g/mol. The number of amides is 9. The highest BCUT2D eigenvalue weighted by molar-refractivity contribution is 7.80. The van der Waals surface area contributed by atoms with Crippen LogP contribution in [-0.4, -0.2) is 141 Å². The Kier molecular flexibility index (Phi) is 23.5. The maximum Gasteiger partial charge on any atom is 0.326 e. The molecule has 27 heteroatoms. The number of primary amides is 3. The van der Waals surface area contributed by atoms with Crippen molar-refractivity contribution in [3.05, 3.63) is 0 Å². The Morgan fingerprint density at radius 1 is 0.455 bits per heavy atom. The number of rotatable bonds is 27. The average molecular weight is 859 g/mol. The van der Waals surface area contributed by atoms with E-state index in [2.05, 4.69) is 82.4 Å². The number of thiol groups is 4. The lowest BCUT2D eigenvalue weighted by molar-refractivity contribution is -0.147. The van der Waals surface area contributed by atoms with Crippen LogP contribution in [0, 0.1) is 5.92 Å². The van der Waals surface area contributed by atoms with Crippen LogP contribution in [0.2, 0.25) is 0 Å². The van der Waals surface area contributed by atoms with Crippen LogP contribution in [0.3, 0.4) is 0 Å². The van der Waals surface area contributed by atoms with Gasteiger partial charge < -0.3 is 65.0 Å². The number of nitrogens with two attached hydrogens (primary N) is 4. The van der Waals surface area contributed by atoms with Crippen molar-refractivity contribution in [1.82, 2.24) is 31.9 Å². The fourth-order valence-corrected chi connectivity index (χ4v) is 5.24. The van der Waals surface area contributed by atoms with Crippen molar-refractivity contribution in [2.24, 2.45) is 28.9 Å². The van der Waals surface area contributed by atoms with E-state index >= 15 is 0 Å². The first-order valence-electron chi connectivity index (χ1n) is 16.0. The fraction of sp³-hybridized carbons (Fsp3) is 0.607. The lowest BCUT2D eigenvalue weighted by atomic mass is 9.99. The number of carboxylic acid groups (broad SMARTS) is 2. The SMILES string of the molecule is NC(=O)CC[C@H](NC(=O)[C@H](CS)NC(=O)[C@H](CS)NC(=O)[C@H](CCC(N)=O)NC(=O)[C@H](CS)NC(=O)[C@H](CS)NC(=O)[C@@H](N)CC(C(N)=O)C(=O)O)C(=O)O. The van der Waals surface area contributed by atoms with Gasteiger partial charge in [-0.15, -0.1) is 0 Å². The van der Waals surface area contributed by atoms with Gasteiger partial charge in [0.2, 0.25) is 53.2 Å². The van der Waals surface area contributed by atoms with E-state index in [1.165, 1.54) is 0 Å². The molecular formula is C28H46N10O13S4. The summed E-state index contributed by atoms with van der Waals surface area (Å²) in [7, 11) is 0. The minimum atomic E-state index is -1.80. The summed E-state index contributed by atoms with van der Waals surface area (Å²) < 4.78 is 0. The van der Waals surface area contributed by atoms with Gasteiger partial charge in [-0.05, 0) is 19.3 Å². The molecule has 0 bridgehead atoms. The van der Waals surface area contributed by atoms with E-state index in [0.29, 0.717) is 0 Å². The summed E-state index contributed by atoms with van der Waals surface area (Å²) in [6.45, 7) is 0. The molecule has 0 aromatic heterocycles. The number of aliphatic carboxylic acids is 2. The second-order valence-electron chi connectivity index (χ2n) is 11.6. The largest absolute Gasteiger partial charge is 0.481 e. The third-order valence-corrected chi connectivity index (χ3v) is 8.80. The van der Waals surface area contributed by atoms with Crippen LogP contribution in [-0.2, 0) is 52.7 Å². The predicted octanol–water partition coefficient (Wildman–Crippen LogP) is -6.87. The van der Waals surface area contributed by atoms with Gasteiger partial charge in [0.05, 0.1) is 6.04 Å². The zero-order chi connectivity index (χ0) is 42.6. The van der Waals surface area contributed by atoms with E-state index in [9.17, 15) is 57.8 Å². The second-order valence-corrected chi connectivity index (χ2v) is 13.0. The topological polar surface area (TPSA) is 404 Å². The van der Waals surface area contributed by atoms with Gasteiger partial charge >= 0.3 is 11.9 Å². The molecule has 0 fully saturated rings. The Bertz CT molecular complexity index is 1450. The van der Waals surface area contributed by atoms with Crippen molar-refractivity contribution >= 4 is 116 Å². The van der Waals surface area contributed by atoms with E-state index in [1.807, 2.05) is 0 Å². The Labute approximate surface area is 335 Å². The molecule has 0 spiro atoms. The first-order chi connectivity index (χ1) is 25.6. The van der Waals surface area contributed by atoms with E-state index < -0.39 is 133 Å². The van der Waals surface area contributed by atoms with Gasteiger partial charge in [0.1, 0.15) is 42.2 Å². The number of carbonyl (C=O) groups is 11.